The van der Waals surface area contributed by atoms with Gasteiger partial charge < -0.3 is 15.2 Å². The minimum absolute atomic E-state index is 0.0965. The molecule has 0 fully saturated rings. The number of nitrogens with two attached hydrogens (primary N) is 1. The number of benzene rings is 1. The summed E-state index contributed by atoms with van der Waals surface area (Å²) in [4.78, 5) is 11.6. The number of aromatic nitrogens is 2. The van der Waals surface area contributed by atoms with E-state index in [4.69, 9.17) is 15.2 Å². The van der Waals surface area contributed by atoms with Crippen LogP contribution in [0.3, 0.4) is 0 Å². The highest BCUT2D eigenvalue weighted by atomic mass is 16.7. The number of rotatable bonds is 3. The quantitative estimate of drug-likeness (QED) is 0.603. The fraction of sp³-hybridized carbons (Fsp3) is 0.0909. The maximum Gasteiger partial charge on any atom is 0.297 e. The van der Waals surface area contributed by atoms with Gasteiger partial charge in [-0.05, 0) is 34.1 Å². The molecule has 3 rings (SSSR count). The lowest BCUT2D eigenvalue weighted by atomic mass is 10.2. The molecule has 1 aliphatic rings. The Kier molecular flexibility index (Phi) is 2.92. The molecule has 0 atom stereocenters. The van der Waals surface area contributed by atoms with Crippen molar-refractivity contribution in [2.24, 2.45) is 5.10 Å². The number of nitrogens with one attached hydrogen (secondary N) is 1. The smallest absolute Gasteiger partial charge is 0.297 e. The third kappa shape index (κ3) is 2.23. The first-order valence-electron chi connectivity index (χ1n) is 5.55. The molecular formula is C11H9N5O4. The highest BCUT2D eigenvalue weighted by Crippen LogP contribution is 2.31. The van der Waals surface area contributed by atoms with E-state index in [0.717, 1.165) is 5.56 Å². The third-order valence-electron chi connectivity index (χ3n) is 2.51. The summed E-state index contributed by atoms with van der Waals surface area (Å²) < 4.78 is 14.7. The molecule has 0 saturated heterocycles. The van der Waals surface area contributed by atoms with Gasteiger partial charge in [-0.3, -0.25) is 4.79 Å². The average Bonchev–Trinajstić information content (AvgIpc) is 3.06. The SMILES string of the molecule is Nc1nonc1C(=O)NN=Cc1ccc2c(c1)OCO2. The minimum atomic E-state index is -0.610. The fourth-order valence-electron chi connectivity index (χ4n) is 1.56. The number of hydrazone groups is 1. The molecule has 20 heavy (non-hydrogen) atoms. The second kappa shape index (κ2) is 4.88. The van der Waals surface area contributed by atoms with E-state index < -0.39 is 5.91 Å². The minimum Gasteiger partial charge on any atom is -0.454 e. The van der Waals surface area contributed by atoms with Crippen molar-refractivity contribution in [3.8, 4) is 11.5 Å². The standard InChI is InChI=1S/C11H9N5O4/c12-10-9(15-20-16-10)11(17)14-13-4-6-1-2-7-8(3-6)19-5-18-7/h1-4H,5H2,(H2,12,16)(H,14,17). The number of nitrogen functional groups attached to an aromatic ring is 1. The Bertz CT molecular complexity index is 681. The summed E-state index contributed by atoms with van der Waals surface area (Å²) in [6.45, 7) is 0.200. The van der Waals surface area contributed by atoms with Crippen molar-refractivity contribution in [2.45, 2.75) is 0 Å². The molecule has 0 aliphatic carbocycles. The lowest BCUT2D eigenvalue weighted by Gasteiger charge is -1.98. The number of hydrogen-bond donors (Lipinski definition) is 2. The second-order valence-electron chi connectivity index (χ2n) is 3.81. The fourth-order valence-corrected chi connectivity index (χ4v) is 1.56. The number of hydrogen-bond acceptors (Lipinski definition) is 8. The summed E-state index contributed by atoms with van der Waals surface area (Å²) in [7, 11) is 0. The molecule has 2 aromatic rings. The van der Waals surface area contributed by atoms with Gasteiger partial charge in [0, 0.05) is 0 Å². The number of nitrogens with zero attached hydrogens (tertiary/aromatic N) is 3. The van der Waals surface area contributed by atoms with Gasteiger partial charge in [0.05, 0.1) is 6.21 Å². The Labute approximate surface area is 112 Å². The van der Waals surface area contributed by atoms with Gasteiger partial charge in [-0.15, -0.1) is 0 Å². The maximum absolute atomic E-state index is 11.6. The van der Waals surface area contributed by atoms with Crippen LogP contribution in [0.5, 0.6) is 11.5 Å². The van der Waals surface area contributed by atoms with Crippen LogP contribution in [0.25, 0.3) is 0 Å². The van der Waals surface area contributed by atoms with Crippen molar-refractivity contribution in [3.63, 3.8) is 0 Å². The van der Waals surface area contributed by atoms with Gasteiger partial charge >= 0.3 is 0 Å². The highest BCUT2D eigenvalue weighted by Gasteiger charge is 2.15. The van der Waals surface area contributed by atoms with Crippen LogP contribution in [0.15, 0.2) is 27.9 Å². The normalized spacial score (nSPS) is 12.8. The third-order valence-corrected chi connectivity index (χ3v) is 2.51. The Morgan fingerprint density at radius 2 is 2.20 bits per heavy atom. The van der Waals surface area contributed by atoms with Gasteiger partial charge in [0.1, 0.15) is 0 Å². The van der Waals surface area contributed by atoms with Gasteiger partial charge in [-0.1, -0.05) is 0 Å². The van der Waals surface area contributed by atoms with Crippen LogP contribution in [-0.2, 0) is 0 Å². The number of ether oxygens (including phenoxy) is 2. The zero-order valence-electron chi connectivity index (χ0n) is 10.1. The van der Waals surface area contributed by atoms with Crippen molar-refractivity contribution in [2.75, 3.05) is 12.5 Å². The summed E-state index contributed by atoms with van der Waals surface area (Å²) in [5, 5.41) is 10.4. The van der Waals surface area contributed by atoms with E-state index in [0.29, 0.717) is 11.5 Å². The molecule has 1 aromatic carbocycles. The highest BCUT2D eigenvalue weighted by molar-refractivity contribution is 5.96. The Morgan fingerprint density at radius 3 is 3.00 bits per heavy atom. The Balaban J connectivity index is 1.66. The Hall–Kier alpha value is -3.10. The molecule has 3 N–H and O–H groups in total. The predicted molar refractivity (Wildman–Crippen MR) is 66.3 cm³/mol. The average molecular weight is 275 g/mol. The van der Waals surface area contributed by atoms with E-state index in [2.05, 4.69) is 25.5 Å². The summed E-state index contributed by atoms with van der Waals surface area (Å²) >= 11 is 0. The predicted octanol–water partition coefficient (Wildman–Crippen LogP) is 0.144. The van der Waals surface area contributed by atoms with Gasteiger partial charge in [0.2, 0.25) is 18.3 Å². The lowest BCUT2D eigenvalue weighted by Crippen LogP contribution is -2.19. The van der Waals surface area contributed by atoms with Gasteiger partial charge in [0.15, 0.2) is 11.5 Å². The largest absolute Gasteiger partial charge is 0.454 e. The summed E-state index contributed by atoms with van der Waals surface area (Å²) in [6.07, 6.45) is 1.45. The van der Waals surface area contributed by atoms with Crippen molar-refractivity contribution < 1.29 is 18.9 Å². The molecular weight excluding hydrogens is 266 g/mol. The first-order chi connectivity index (χ1) is 9.74. The summed E-state index contributed by atoms with van der Waals surface area (Å²) in [6, 6.07) is 5.27. The van der Waals surface area contributed by atoms with Gasteiger partial charge in [-0.25, -0.2) is 10.1 Å². The van der Waals surface area contributed by atoms with E-state index in [1.165, 1.54) is 6.21 Å². The number of amides is 1. The molecule has 9 heteroatoms. The molecule has 0 unspecified atom stereocenters. The molecule has 0 radical (unpaired) electrons. The molecule has 1 amide bonds. The number of anilines is 1. The number of fused-ring (bicyclic) bond motifs is 1. The van der Waals surface area contributed by atoms with E-state index in [-0.39, 0.29) is 18.3 Å². The van der Waals surface area contributed by atoms with Crippen molar-refractivity contribution in [3.05, 3.63) is 29.5 Å². The summed E-state index contributed by atoms with van der Waals surface area (Å²) in [5.74, 6) is 0.597. The lowest BCUT2D eigenvalue weighted by molar-refractivity contribution is 0.0946. The first kappa shape index (κ1) is 12.0. The van der Waals surface area contributed by atoms with E-state index >= 15 is 0 Å². The summed E-state index contributed by atoms with van der Waals surface area (Å²) in [5.41, 5.74) is 8.25. The molecule has 2 heterocycles. The molecule has 0 saturated carbocycles. The van der Waals surface area contributed by atoms with Crippen LogP contribution >= 0.6 is 0 Å². The zero-order valence-corrected chi connectivity index (χ0v) is 10.1. The second-order valence-corrected chi connectivity index (χ2v) is 3.81. The molecule has 102 valence electrons. The van der Waals surface area contributed by atoms with E-state index in [9.17, 15) is 4.79 Å². The van der Waals surface area contributed by atoms with Crippen LogP contribution in [0.1, 0.15) is 16.1 Å². The van der Waals surface area contributed by atoms with Gasteiger partial charge in [-0.2, -0.15) is 5.10 Å². The van der Waals surface area contributed by atoms with E-state index in [1.807, 2.05) is 0 Å². The van der Waals surface area contributed by atoms with Crippen LogP contribution in [0.4, 0.5) is 5.82 Å². The van der Waals surface area contributed by atoms with Crippen molar-refractivity contribution in [1.29, 1.82) is 0 Å². The molecule has 1 aliphatic heterocycles. The number of carbonyl (C=O) groups is 1. The first-order valence-corrected chi connectivity index (χ1v) is 5.55. The molecule has 0 spiro atoms. The molecule has 0 bridgehead atoms. The molecule has 9 nitrogen and oxygen atoms in total. The topological polar surface area (TPSA) is 125 Å². The monoisotopic (exact) mass is 275 g/mol. The molecule has 1 aromatic heterocycles. The van der Waals surface area contributed by atoms with Gasteiger partial charge in [0.25, 0.3) is 5.91 Å². The Morgan fingerprint density at radius 1 is 1.35 bits per heavy atom. The van der Waals surface area contributed by atoms with Crippen molar-refractivity contribution in [1.82, 2.24) is 15.7 Å². The van der Waals surface area contributed by atoms with Crippen molar-refractivity contribution >= 4 is 17.9 Å². The maximum atomic E-state index is 11.6. The van der Waals surface area contributed by atoms with Crippen LogP contribution in [-0.4, -0.2) is 29.2 Å². The van der Waals surface area contributed by atoms with E-state index in [1.54, 1.807) is 18.2 Å². The van der Waals surface area contributed by atoms with Crippen LogP contribution in [0.2, 0.25) is 0 Å². The zero-order chi connectivity index (χ0) is 13.9. The van der Waals surface area contributed by atoms with Crippen LogP contribution in [0, 0.1) is 0 Å². The number of carbonyl (C=O) groups excluding carboxylic acids is 1. The van der Waals surface area contributed by atoms with Crippen LogP contribution < -0.4 is 20.6 Å².